The van der Waals surface area contributed by atoms with Crippen LogP contribution in [0.15, 0.2) is 36.4 Å². The second-order valence-electron chi connectivity index (χ2n) is 6.82. The highest BCUT2D eigenvalue weighted by Crippen LogP contribution is 2.21. The fourth-order valence-corrected chi connectivity index (χ4v) is 3.39. The van der Waals surface area contributed by atoms with Crippen molar-refractivity contribution < 1.29 is 24.2 Å². The molecule has 2 rings (SSSR count). The van der Waals surface area contributed by atoms with Gasteiger partial charge in [0.05, 0.1) is 19.3 Å². The molecule has 0 bridgehead atoms. The predicted octanol–water partition coefficient (Wildman–Crippen LogP) is 2.76. The second-order valence-corrected chi connectivity index (χ2v) is 7.25. The molecule has 1 N–H and O–H groups in total. The third-order valence-electron chi connectivity index (χ3n) is 4.65. The van der Waals surface area contributed by atoms with E-state index < -0.39 is 12.1 Å². The molecule has 1 fully saturated rings. The number of carbonyl (C=O) groups is 2. The van der Waals surface area contributed by atoms with Gasteiger partial charge in [0.2, 0.25) is 5.91 Å². The van der Waals surface area contributed by atoms with Crippen LogP contribution in [0, 0.1) is 0 Å². The zero-order valence-corrected chi connectivity index (χ0v) is 16.9. The molecule has 1 aromatic carbocycles. The van der Waals surface area contributed by atoms with Gasteiger partial charge in [0.15, 0.2) is 0 Å². The lowest BCUT2D eigenvalue weighted by Gasteiger charge is -2.22. The smallest absolute Gasteiger partial charge is 0.331 e. The van der Waals surface area contributed by atoms with Crippen LogP contribution < -0.4 is 0 Å². The van der Waals surface area contributed by atoms with Crippen molar-refractivity contribution in [3.05, 3.63) is 47.0 Å². The summed E-state index contributed by atoms with van der Waals surface area (Å²) in [4.78, 5) is 24.9. The van der Waals surface area contributed by atoms with E-state index in [4.69, 9.17) is 16.3 Å². The summed E-state index contributed by atoms with van der Waals surface area (Å²) in [6.07, 6.45) is 6.38. The molecular weight excluding hydrogens is 382 g/mol. The fourth-order valence-electron chi connectivity index (χ4n) is 3.18. The Bertz CT molecular complexity index is 679. The molecule has 0 saturated carbocycles. The van der Waals surface area contributed by atoms with Crippen LogP contribution in [0.2, 0.25) is 5.02 Å². The van der Waals surface area contributed by atoms with E-state index in [0.29, 0.717) is 31.0 Å². The van der Waals surface area contributed by atoms with Gasteiger partial charge in [-0.05, 0) is 37.0 Å². The highest BCUT2D eigenvalue weighted by atomic mass is 35.5. The Kier molecular flexibility index (Phi) is 9.47. The molecule has 1 heterocycles. The van der Waals surface area contributed by atoms with E-state index in [2.05, 4.69) is 4.74 Å². The molecule has 0 aliphatic carbocycles. The monoisotopic (exact) mass is 409 g/mol. The summed E-state index contributed by atoms with van der Waals surface area (Å²) in [6, 6.07) is 7.44. The average Bonchev–Trinajstić information content (AvgIpc) is 3.02. The summed E-state index contributed by atoms with van der Waals surface area (Å²) in [5, 5.41) is 10.9. The standard InChI is InChI=1S/C21H28ClNO5/c1-27-21(26)15-28-12-3-2-11-23-18(8-10-20(23)25)7-9-19(24)14-16-5-4-6-17(22)13-16/h4-7,9,13,18-19,24H,2-3,8,10-12,14-15H2,1H3/t18?,19-/m0/s1. The minimum Gasteiger partial charge on any atom is -0.467 e. The molecule has 154 valence electrons. The van der Waals surface area contributed by atoms with Crippen molar-refractivity contribution >= 4 is 23.5 Å². The molecule has 1 aromatic rings. The van der Waals surface area contributed by atoms with Crippen LogP contribution in [0.25, 0.3) is 0 Å². The number of benzene rings is 1. The van der Waals surface area contributed by atoms with E-state index in [0.717, 1.165) is 24.8 Å². The number of hydrogen-bond acceptors (Lipinski definition) is 5. The Morgan fingerprint density at radius 3 is 3.00 bits per heavy atom. The number of hydrogen-bond donors (Lipinski definition) is 1. The Labute approximate surface area is 171 Å². The van der Waals surface area contributed by atoms with Crippen LogP contribution in [0.3, 0.4) is 0 Å². The van der Waals surface area contributed by atoms with Crippen molar-refractivity contribution in [3.63, 3.8) is 0 Å². The molecular formula is C21H28ClNO5. The predicted molar refractivity (Wildman–Crippen MR) is 107 cm³/mol. The van der Waals surface area contributed by atoms with Crippen molar-refractivity contribution in [3.8, 4) is 0 Å². The van der Waals surface area contributed by atoms with Gasteiger partial charge in [-0.1, -0.05) is 35.9 Å². The summed E-state index contributed by atoms with van der Waals surface area (Å²) in [7, 11) is 1.32. The highest BCUT2D eigenvalue weighted by molar-refractivity contribution is 6.30. The van der Waals surface area contributed by atoms with Crippen LogP contribution in [0.5, 0.6) is 0 Å². The van der Waals surface area contributed by atoms with E-state index in [9.17, 15) is 14.7 Å². The molecule has 1 saturated heterocycles. The first-order valence-electron chi connectivity index (χ1n) is 9.54. The largest absolute Gasteiger partial charge is 0.467 e. The lowest BCUT2D eigenvalue weighted by molar-refractivity contribution is -0.145. The van der Waals surface area contributed by atoms with Gasteiger partial charge < -0.3 is 19.5 Å². The summed E-state index contributed by atoms with van der Waals surface area (Å²) in [6.45, 7) is 1.05. The number of aliphatic hydroxyl groups excluding tert-OH is 1. The Morgan fingerprint density at radius 2 is 2.25 bits per heavy atom. The van der Waals surface area contributed by atoms with Crippen LogP contribution in [-0.4, -0.2) is 60.9 Å². The van der Waals surface area contributed by atoms with Crippen LogP contribution in [0.4, 0.5) is 0 Å². The number of esters is 1. The maximum Gasteiger partial charge on any atom is 0.331 e. The van der Waals surface area contributed by atoms with E-state index in [-0.39, 0.29) is 18.6 Å². The maximum absolute atomic E-state index is 12.1. The summed E-state index contributed by atoms with van der Waals surface area (Å²) in [5.74, 6) is -0.259. The van der Waals surface area contributed by atoms with Crippen molar-refractivity contribution in [2.45, 2.75) is 44.2 Å². The molecule has 28 heavy (non-hydrogen) atoms. The van der Waals surface area contributed by atoms with Crippen molar-refractivity contribution in [2.75, 3.05) is 26.9 Å². The summed E-state index contributed by atoms with van der Waals surface area (Å²) >= 11 is 5.97. The highest BCUT2D eigenvalue weighted by Gasteiger charge is 2.28. The molecule has 6 nitrogen and oxygen atoms in total. The molecule has 1 unspecified atom stereocenters. The van der Waals surface area contributed by atoms with Gasteiger partial charge in [0, 0.05) is 31.0 Å². The van der Waals surface area contributed by atoms with Crippen LogP contribution >= 0.6 is 11.6 Å². The zero-order chi connectivity index (χ0) is 20.4. The number of nitrogens with zero attached hydrogens (tertiary/aromatic N) is 1. The number of amides is 1. The molecule has 0 spiro atoms. The topological polar surface area (TPSA) is 76.1 Å². The maximum atomic E-state index is 12.1. The zero-order valence-electron chi connectivity index (χ0n) is 16.2. The lowest BCUT2D eigenvalue weighted by atomic mass is 10.1. The minimum absolute atomic E-state index is 0.0116. The normalized spacial score (nSPS) is 18.0. The Balaban J connectivity index is 1.74. The van der Waals surface area contributed by atoms with E-state index in [1.54, 1.807) is 12.1 Å². The van der Waals surface area contributed by atoms with Gasteiger partial charge in [-0.3, -0.25) is 4.79 Å². The van der Waals surface area contributed by atoms with E-state index >= 15 is 0 Å². The van der Waals surface area contributed by atoms with Gasteiger partial charge in [-0.2, -0.15) is 0 Å². The summed E-state index contributed by atoms with van der Waals surface area (Å²) in [5.41, 5.74) is 0.968. The minimum atomic E-state index is -0.622. The molecule has 1 amide bonds. The second kappa shape index (κ2) is 11.8. The number of rotatable bonds is 11. The van der Waals surface area contributed by atoms with Crippen molar-refractivity contribution in [1.82, 2.24) is 4.90 Å². The van der Waals surface area contributed by atoms with Gasteiger partial charge in [-0.25, -0.2) is 4.79 Å². The third-order valence-corrected chi connectivity index (χ3v) is 4.88. The fraction of sp³-hybridized carbons (Fsp3) is 0.524. The molecule has 2 atom stereocenters. The van der Waals surface area contributed by atoms with Gasteiger partial charge in [0.25, 0.3) is 0 Å². The van der Waals surface area contributed by atoms with Crippen LogP contribution in [0.1, 0.15) is 31.2 Å². The first-order valence-corrected chi connectivity index (χ1v) is 9.92. The summed E-state index contributed by atoms with van der Waals surface area (Å²) < 4.78 is 9.72. The number of halogens is 1. The number of methoxy groups -OCH3 is 1. The molecule has 1 aliphatic rings. The number of ether oxygens (including phenoxy) is 2. The number of aliphatic hydroxyl groups is 1. The Morgan fingerprint density at radius 1 is 1.43 bits per heavy atom. The third kappa shape index (κ3) is 7.62. The number of unbranched alkanes of at least 4 members (excludes halogenated alkanes) is 1. The van der Waals surface area contributed by atoms with E-state index in [1.165, 1.54) is 7.11 Å². The van der Waals surface area contributed by atoms with Gasteiger partial charge in [-0.15, -0.1) is 0 Å². The first-order chi connectivity index (χ1) is 13.5. The SMILES string of the molecule is COC(=O)COCCCCN1C(=O)CCC1C=C[C@H](O)Cc1cccc(Cl)c1. The average molecular weight is 410 g/mol. The Hall–Kier alpha value is -1.89. The number of carbonyl (C=O) groups excluding carboxylic acids is 2. The first kappa shape index (κ1) is 22.4. The van der Waals surface area contributed by atoms with Gasteiger partial charge >= 0.3 is 5.97 Å². The van der Waals surface area contributed by atoms with Gasteiger partial charge in [0.1, 0.15) is 6.61 Å². The molecule has 0 radical (unpaired) electrons. The molecule has 1 aliphatic heterocycles. The quantitative estimate of drug-likeness (QED) is 0.345. The molecule has 7 heteroatoms. The van der Waals surface area contributed by atoms with Crippen molar-refractivity contribution in [2.24, 2.45) is 0 Å². The molecule has 0 aromatic heterocycles. The van der Waals surface area contributed by atoms with Crippen LogP contribution in [-0.2, 0) is 25.5 Å². The van der Waals surface area contributed by atoms with E-state index in [1.807, 2.05) is 29.2 Å². The lowest BCUT2D eigenvalue weighted by Crippen LogP contribution is -2.33. The van der Waals surface area contributed by atoms with Crippen molar-refractivity contribution in [1.29, 1.82) is 0 Å². The number of likely N-dealkylation sites (tertiary alicyclic amines) is 1.